The first kappa shape index (κ1) is 57.4. The molecule has 6 aliphatic rings. The highest BCUT2D eigenvalue weighted by atomic mass is 32.1. The van der Waals surface area contributed by atoms with Gasteiger partial charge in [0, 0.05) is 126 Å². The van der Waals surface area contributed by atoms with E-state index in [0.717, 1.165) is 136 Å². The second kappa shape index (κ2) is 24.6. The third kappa shape index (κ3) is 12.1. The van der Waals surface area contributed by atoms with E-state index in [9.17, 15) is 19.8 Å². The largest absolute Gasteiger partial charge is 0.507 e. The fraction of sp³-hybridized carbons (Fsp3) is 0.500. The Kier molecular flexibility index (Phi) is 16.4. The van der Waals surface area contributed by atoms with Crippen LogP contribution in [0.2, 0.25) is 0 Å². The van der Waals surface area contributed by atoms with E-state index >= 15 is 0 Å². The van der Waals surface area contributed by atoms with Gasteiger partial charge < -0.3 is 59.4 Å². The average Bonchev–Trinajstić information content (AvgIpc) is 3.68. The van der Waals surface area contributed by atoms with Crippen LogP contribution in [0.1, 0.15) is 119 Å². The van der Waals surface area contributed by atoms with Crippen LogP contribution >= 0.6 is 11.3 Å². The van der Waals surface area contributed by atoms with E-state index in [2.05, 4.69) is 73.1 Å². The number of β-amino-alcohol motifs (C(OH)–C–C–N with tert-alkyl or cyclic N) is 1. The predicted octanol–water partition coefficient (Wildman–Crippen LogP) is 8.31. The van der Waals surface area contributed by atoms with E-state index in [1.54, 1.807) is 23.5 Å². The third-order valence-corrected chi connectivity index (χ3v) is 19.7. The molecule has 452 valence electrons. The summed E-state index contributed by atoms with van der Waals surface area (Å²) in [5.74, 6) is 1.01. The maximum absolute atomic E-state index is 14.4. The molecular weight excluding hydrogens is 1110 g/mol. The van der Waals surface area contributed by atoms with Crippen LogP contribution in [0.5, 0.6) is 11.6 Å². The molecule has 86 heavy (non-hydrogen) atoms. The minimum Gasteiger partial charge on any atom is -0.507 e. The van der Waals surface area contributed by atoms with Gasteiger partial charge in [0.25, 0.3) is 0 Å². The van der Waals surface area contributed by atoms with Crippen LogP contribution in [0.3, 0.4) is 0 Å². The van der Waals surface area contributed by atoms with Gasteiger partial charge in [-0.3, -0.25) is 14.5 Å². The monoisotopic (exact) mass is 1190 g/mol. The Labute approximate surface area is 505 Å². The second-order valence-electron chi connectivity index (χ2n) is 24.9. The highest BCUT2D eigenvalue weighted by Gasteiger charge is 2.45. The predicted molar refractivity (Wildman–Crippen MR) is 328 cm³/mol. The first-order chi connectivity index (χ1) is 41.7. The number of nitrogens with one attached hydrogen (secondary N) is 1. The summed E-state index contributed by atoms with van der Waals surface area (Å²) in [7, 11) is 0. The maximum Gasteiger partial charge on any atom is 0.243 e. The van der Waals surface area contributed by atoms with Crippen molar-refractivity contribution in [3.05, 3.63) is 120 Å². The number of nitrogen functional groups attached to an aromatic ring is 1. The average molecular weight is 1190 g/mol. The first-order valence-corrected chi connectivity index (χ1v) is 31.6. The van der Waals surface area contributed by atoms with Gasteiger partial charge in [0.15, 0.2) is 17.4 Å². The van der Waals surface area contributed by atoms with Crippen LogP contribution in [0.15, 0.2) is 102 Å². The first-order valence-electron chi connectivity index (χ1n) is 30.7. The fourth-order valence-electron chi connectivity index (χ4n) is 14.0. The lowest BCUT2D eigenvalue weighted by Crippen LogP contribution is -2.54. The smallest absolute Gasteiger partial charge is 0.243 e. The summed E-state index contributed by atoms with van der Waals surface area (Å²) in [5.41, 5.74) is 15.5. The molecule has 6 atom stereocenters. The number of aliphatic hydroxyl groups excluding tert-OH is 1. The van der Waals surface area contributed by atoms with Crippen LogP contribution in [-0.4, -0.2) is 155 Å². The summed E-state index contributed by atoms with van der Waals surface area (Å²) in [6.45, 7) is 13.8. The van der Waals surface area contributed by atoms with Crippen molar-refractivity contribution < 1.29 is 33.8 Å². The zero-order chi connectivity index (χ0) is 59.2. The number of fused-ring (bicyclic) bond motifs is 2. The van der Waals surface area contributed by atoms with Crippen molar-refractivity contribution in [2.24, 2.45) is 5.92 Å². The van der Waals surface area contributed by atoms with Gasteiger partial charge in [-0.2, -0.15) is 0 Å². The number of hydrogen-bond donors (Lipinski definition) is 4. The zero-order valence-corrected chi connectivity index (χ0v) is 50.2. The van der Waals surface area contributed by atoms with E-state index in [0.29, 0.717) is 52.7 Å². The number of carbonyl (C=O) groups excluding carboxylic acids is 2. The van der Waals surface area contributed by atoms with Crippen LogP contribution in [0.25, 0.3) is 21.7 Å². The van der Waals surface area contributed by atoms with E-state index in [4.69, 9.17) is 24.7 Å². The molecule has 22 heteroatoms. The number of phenols is 1. The van der Waals surface area contributed by atoms with Gasteiger partial charge in [-0.15, -0.1) is 21.5 Å². The molecule has 21 nitrogen and oxygen atoms in total. The van der Waals surface area contributed by atoms with Crippen molar-refractivity contribution in [2.75, 3.05) is 66.2 Å². The van der Waals surface area contributed by atoms with Crippen LogP contribution in [0.4, 0.5) is 23.0 Å². The number of piperazine rings is 1. The van der Waals surface area contributed by atoms with Gasteiger partial charge in [0.2, 0.25) is 17.7 Å². The van der Waals surface area contributed by atoms with E-state index in [1.807, 2.05) is 94.3 Å². The summed E-state index contributed by atoms with van der Waals surface area (Å²) in [5, 5.41) is 37.5. The quantitative estimate of drug-likeness (QED) is 0.0631. The third-order valence-electron chi connectivity index (χ3n) is 18.7. The lowest BCUT2D eigenvalue weighted by atomic mass is 9.91. The highest BCUT2D eigenvalue weighted by Crippen LogP contribution is 2.41. The van der Waals surface area contributed by atoms with Crippen LogP contribution in [-0.2, 0) is 20.9 Å². The van der Waals surface area contributed by atoms with Gasteiger partial charge in [0.1, 0.15) is 23.8 Å². The number of para-hydroxylation sites is 1. The summed E-state index contributed by atoms with van der Waals surface area (Å²) < 4.78 is 21.3. The molecule has 0 radical (unpaired) electrons. The SMILES string of the molecule is Cc1ncsc1-c1ccc([C@H](C)NC(=O)[C@@H]2C[C@@H](O)CN2C(=O)C(c2cc(N3CCC(n4cnc(CN5CCC(OC6CC(Oc7cc(N8C9CCC8CN(c8cc(-c%10ccccc%10O)nnc8N)C9)ccn7)C6)CC5)c4)CC3)no2)C(C)C)cc1. The fourth-order valence-corrected chi connectivity index (χ4v) is 14.8. The molecule has 5 aliphatic heterocycles. The number of rotatable bonds is 18. The summed E-state index contributed by atoms with van der Waals surface area (Å²) in [4.78, 5) is 54.3. The Morgan fingerprint density at radius 3 is 2.33 bits per heavy atom. The Hall–Kier alpha value is -7.66. The number of aliphatic hydroxyl groups is 1. The summed E-state index contributed by atoms with van der Waals surface area (Å²) in [6, 6.07) is 23.1. The molecule has 0 spiro atoms. The number of piperidine rings is 2. The van der Waals surface area contributed by atoms with E-state index < -0.39 is 18.1 Å². The number of nitrogens with zero attached hydrogens (tertiary/aromatic N) is 12. The topological polar surface area (TPSA) is 243 Å². The van der Waals surface area contributed by atoms with E-state index in [1.165, 1.54) is 4.90 Å². The van der Waals surface area contributed by atoms with Crippen molar-refractivity contribution in [2.45, 2.75) is 153 Å². The minimum atomic E-state index is -0.813. The number of thiazole rings is 1. The lowest BCUT2D eigenvalue weighted by Gasteiger charge is -2.43. The number of amides is 2. The Bertz CT molecular complexity index is 3480. The van der Waals surface area contributed by atoms with Crippen molar-refractivity contribution >= 4 is 46.2 Å². The Balaban J connectivity index is 0.534. The van der Waals surface area contributed by atoms with Crippen LogP contribution in [0, 0.1) is 12.8 Å². The molecular formula is C64H78N14O7S. The van der Waals surface area contributed by atoms with Gasteiger partial charge >= 0.3 is 0 Å². The number of likely N-dealkylation sites (tertiary alicyclic amines) is 2. The molecule has 5 saturated heterocycles. The number of anilines is 4. The Morgan fingerprint density at radius 2 is 1.59 bits per heavy atom. The minimum absolute atomic E-state index is 0.0737. The molecule has 2 bridgehead atoms. The van der Waals surface area contributed by atoms with Gasteiger partial charge in [0.05, 0.1) is 63.8 Å². The number of aromatic nitrogens is 7. The van der Waals surface area contributed by atoms with Crippen molar-refractivity contribution in [3.8, 4) is 33.3 Å². The molecule has 7 aromatic rings. The summed E-state index contributed by atoms with van der Waals surface area (Å²) in [6.07, 6.45) is 13.6. The molecule has 5 N–H and O–H groups in total. The maximum atomic E-state index is 14.4. The van der Waals surface area contributed by atoms with E-state index in [-0.39, 0.29) is 60.8 Å². The number of carbonyl (C=O) groups is 2. The normalized spacial score (nSPS) is 23.7. The van der Waals surface area contributed by atoms with Gasteiger partial charge in [-0.25, -0.2) is 15.0 Å². The number of aromatic hydroxyl groups is 1. The molecule has 2 amide bonds. The number of pyridine rings is 1. The molecule has 13 rings (SSSR count). The number of aryl methyl sites for hydroxylation is 1. The molecule has 2 aromatic carbocycles. The molecule has 1 aliphatic carbocycles. The number of hydrogen-bond acceptors (Lipinski definition) is 19. The molecule has 1 saturated carbocycles. The number of ether oxygens (including phenoxy) is 2. The van der Waals surface area contributed by atoms with Gasteiger partial charge in [-0.05, 0) is 93.7 Å². The molecule has 10 heterocycles. The van der Waals surface area contributed by atoms with Crippen LogP contribution < -0.4 is 30.5 Å². The molecule has 6 fully saturated rings. The van der Waals surface area contributed by atoms with Gasteiger partial charge in [-0.1, -0.05) is 55.4 Å². The highest BCUT2D eigenvalue weighted by molar-refractivity contribution is 7.13. The lowest BCUT2D eigenvalue weighted by molar-refractivity contribution is -0.141. The number of nitrogens with two attached hydrogens (primary N) is 1. The summed E-state index contributed by atoms with van der Waals surface area (Å²) >= 11 is 1.60. The second-order valence-corrected chi connectivity index (χ2v) is 25.7. The molecule has 5 aromatic heterocycles. The standard InChI is InChI=1S/C64H78N14O7S/c1-38(2)60(64(82)77-35-48(79)26-55(77)63(81)69-39(3)41-9-11-42(12-10-41)61-40(4)68-37-86-61)57-30-58(72-85-57)74-23-16-44(17-24-74)76-32-43(67-36-76)31-73-21-18-49(19-22-73)83-50-27-51(28-50)84-59-25-45(15-20-66-59)78-46-13-14-47(78)34-75(33-46)54-29-53(70-71-62(54)65)52-7-5-6-8-56(52)80/h5-12,15,20,25,29-30,32,36-39,44,46-51,55,60,79-80H,13-14,16-19,21-24,26-28,31,33-35H2,1-4H3,(H2,65,71)(H,69,81)/t39-,46?,47?,48+,50?,51?,55-,60?/m0/s1. The van der Waals surface area contributed by atoms with Crippen molar-refractivity contribution in [1.82, 2.24) is 50.0 Å². The zero-order valence-electron chi connectivity index (χ0n) is 49.4. The number of imidazole rings is 1. The molecule has 3 unspecified atom stereocenters. The number of phenolic OH excluding ortho intramolecular Hbond substituents is 1. The number of benzene rings is 2. The van der Waals surface area contributed by atoms with Crippen molar-refractivity contribution in [3.63, 3.8) is 0 Å². The Morgan fingerprint density at radius 1 is 0.826 bits per heavy atom. The van der Waals surface area contributed by atoms with Crippen molar-refractivity contribution in [1.29, 1.82) is 0 Å².